The van der Waals surface area contributed by atoms with Crippen molar-refractivity contribution in [3.8, 4) is 0 Å². The normalized spacial score (nSPS) is 16.7. The summed E-state index contributed by atoms with van der Waals surface area (Å²) >= 11 is 0. The van der Waals surface area contributed by atoms with Gasteiger partial charge in [0, 0.05) is 35.2 Å². The standard InChI is InChI=1S/C14H17N3O/c15-12(9-1-2-9)8-17-14(18)11-3-4-13-10(7-11)5-6-16-13/h3-7,9,12,16H,1-2,8,15H2,(H,17,18). The molecule has 1 aliphatic rings. The van der Waals surface area contributed by atoms with Gasteiger partial charge in [-0.15, -0.1) is 0 Å². The Balaban J connectivity index is 1.66. The molecule has 1 heterocycles. The Morgan fingerprint density at radius 3 is 3.06 bits per heavy atom. The average molecular weight is 243 g/mol. The first-order valence-electron chi connectivity index (χ1n) is 6.35. The third kappa shape index (κ3) is 2.24. The van der Waals surface area contributed by atoms with Crippen molar-refractivity contribution in [3.63, 3.8) is 0 Å². The van der Waals surface area contributed by atoms with Crippen molar-refractivity contribution >= 4 is 16.8 Å². The van der Waals surface area contributed by atoms with E-state index in [2.05, 4.69) is 10.3 Å². The zero-order valence-corrected chi connectivity index (χ0v) is 10.1. The van der Waals surface area contributed by atoms with E-state index < -0.39 is 0 Å². The van der Waals surface area contributed by atoms with Crippen LogP contribution in [0.3, 0.4) is 0 Å². The molecule has 0 aliphatic heterocycles. The van der Waals surface area contributed by atoms with Gasteiger partial charge in [0.25, 0.3) is 5.91 Å². The van der Waals surface area contributed by atoms with Crippen molar-refractivity contribution in [3.05, 3.63) is 36.0 Å². The van der Waals surface area contributed by atoms with Crippen molar-refractivity contribution in [2.75, 3.05) is 6.54 Å². The van der Waals surface area contributed by atoms with Crippen LogP contribution in [0.2, 0.25) is 0 Å². The number of H-pyrrole nitrogens is 1. The molecule has 0 radical (unpaired) electrons. The number of rotatable bonds is 4. The number of nitrogens with two attached hydrogens (primary N) is 1. The zero-order chi connectivity index (χ0) is 12.5. The van der Waals surface area contributed by atoms with Crippen molar-refractivity contribution < 1.29 is 4.79 Å². The molecular formula is C14H17N3O. The molecule has 2 aromatic rings. The summed E-state index contributed by atoms with van der Waals surface area (Å²) in [4.78, 5) is 15.1. The SMILES string of the molecule is NC(CNC(=O)c1ccc2[nH]ccc2c1)C1CC1. The van der Waals surface area contributed by atoms with Gasteiger partial charge in [0.2, 0.25) is 0 Å². The second kappa shape index (κ2) is 4.46. The lowest BCUT2D eigenvalue weighted by atomic mass is 10.1. The van der Waals surface area contributed by atoms with Crippen LogP contribution in [0, 0.1) is 5.92 Å². The van der Waals surface area contributed by atoms with E-state index in [4.69, 9.17) is 5.73 Å². The molecule has 1 atom stereocenters. The van der Waals surface area contributed by atoms with Crippen LogP contribution in [0.25, 0.3) is 10.9 Å². The quantitative estimate of drug-likeness (QED) is 0.764. The van der Waals surface area contributed by atoms with Crippen LogP contribution in [-0.4, -0.2) is 23.5 Å². The highest BCUT2D eigenvalue weighted by atomic mass is 16.1. The molecule has 1 aliphatic carbocycles. The lowest BCUT2D eigenvalue weighted by molar-refractivity contribution is 0.0950. The second-order valence-electron chi connectivity index (χ2n) is 4.99. The maximum atomic E-state index is 12.0. The first kappa shape index (κ1) is 11.3. The predicted octanol–water partition coefficient (Wildman–Crippen LogP) is 1.63. The maximum absolute atomic E-state index is 12.0. The van der Waals surface area contributed by atoms with E-state index in [-0.39, 0.29) is 11.9 Å². The Morgan fingerprint density at radius 1 is 1.44 bits per heavy atom. The molecule has 0 saturated heterocycles. The number of hydrogen-bond acceptors (Lipinski definition) is 2. The molecule has 0 bridgehead atoms. The van der Waals surface area contributed by atoms with Crippen molar-refractivity contribution in [1.82, 2.24) is 10.3 Å². The molecule has 3 rings (SSSR count). The zero-order valence-electron chi connectivity index (χ0n) is 10.1. The smallest absolute Gasteiger partial charge is 0.251 e. The van der Waals surface area contributed by atoms with Gasteiger partial charge in [0.05, 0.1) is 0 Å². The first-order valence-corrected chi connectivity index (χ1v) is 6.35. The Hall–Kier alpha value is -1.81. The van der Waals surface area contributed by atoms with Crippen molar-refractivity contribution in [2.24, 2.45) is 11.7 Å². The van der Waals surface area contributed by atoms with Gasteiger partial charge in [-0.2, -0.15) is 0 Å². The van der Waals surface area contributed by atoms with E-state index in [1.165, 1.54) is 12.8 Å². The van der Waals surface area contributed by atoms with E-state index in [9.17, 15) is 4.79 Å². The average Bonchev–Trinajstić information content (AvgIpc) is 3.13. The highest BCUT2D eigenvalue weighted by Crippen LogP contribution is 2.31. The van der Waals surface area contributed by atoms with E-state index in [0.717, 1.165) is 10.9 Å². The molecular weight excluding hydrogens is 226 g/mol. The Morgan fingerprint density at radius 2 is 2.28 bits per heavy atom. The van der Waals surface area contributed by atoms with Crippen LogP contribution in [0.1, 0.15) is 23.2 Å². The van der Waals surface area contributed by atoms with Crippen LogP contribution in [-0.2, 0) is 0 Å². The Bertz CT molecular complexity index is 571. The Kier molecular flexibility index (Phi) is 2.80. The molecule has 1 saturated carbocycles. The second-order valence-corrected chi connectivity index (χ2v) is 4.99. The van der Waals surface area contributed by atoms with Gasteiger partial charge in [0.1, 0.15) is 0 Å². The van der Waals surface area contributed by atoms with Gasteiger partial charge in [-0.05, 0) is 43.0 Å². The van der Waals surface area contributed by atoms with Crippen LogP contribution < -0.4 is 11.1 Å². The van der Waals surface area contributed by atoms with Crippen LogP contribution >= 0.6 is 0 Å². The molecule has 1 unspecified atom stereocenters. The molecule has 1 fully saturated rings. The van der Waals surface area contributed by atoms with Gasteiger partial charge in [-0.25, -0.2) is 0 Å². The molecule has 1 aromatic heterocycles. The summed E-state index contributed by atoms with van der Waals surface area (Å²) in [6.45, 7) is 0.564. The van der Waals surface area contributed by atoms with Crippen LogP contribution in [0.4, 0.5) is 0 Å². The highest BCUT2D eigenvalue weighted by Gasteiger charge is 2.28. The number of benzene rings is 1. The predicted molar refractivity (Wildman–Crippen MR) is 71.3 cm³/mol. The third-order valence-electron chi connectivity index (χ3n) is 3.54. The summed E-state index contributed by atoms with van der Waals surface area (Å²) in [6.07, 6.45) is 4.27. The molecule has 18 heavy (non-hydrogen) atoms. The number of hydrogen-bond donors (Lipinski definition) is 3. The third-order valence-corrected chi connectivity index (χ3v) is 3.54. The Labute approximate surface area is 106 Å². The van der Waals surface area contributed by atoms with Gasteiger partial charge in [0.15, 0.2) is 0 Å². The lowest BCUT2D eigenvalue weighted by Crippen LogP contribution is -2.38. The number of aromatic amines is 1. The summed E-state index contributed by atoms with van der Waals surface area (Å²) in [5, 5.41) is 3.95. The molecule has 4 heteroatoms. The minimum absolute atomic E-state index is 0.0470. The molecule has 1 amide bonds. The fraction of sp³-hybridized carbons (Fsp3) is 0.357. The number of aromatic nitrogens is 1. The fourth-order valence-electron chi connectivity index (χ4n) is 2.20. The summed E-state index contributed by atoms with van der Waals surface area (Å²) in [6, 6.07) is 7.71. The molecule has 0 spiro atoms. The molecule has 94 valence electrons. The number of nitrogens with one attached hydrogen (secondary N) is 2. The summed E-state index contributed by atoms with van der Waals surface area (Å²) in [5.74, 6) is 0.562. The topological polar surface area (TPSA) is 70.9 Å². The number of carbonyl (C=O) groups excluding carboxylic acids is 1. The van der Waals surface area contributed by atoms with Crippen molar-refractivity contribution in [2.45, 2.75) is 18.9 Å². The van der Waals surface area contributed by atoms with E-state index in [1.807, 2.05) is 30.5 Å². The van der Waals surface area contributed by atoms with Crippen LogP contribution in [0.15, 0.2) is 30.5 Å². The fourth-order valence-corrected chi connectivity index (χ4v) is 2.20. The van der Waals surface area contributed by atoms with E-state index in [0.29, 0.717) is 18.0 Å². The summed E-state index contributed by atoms with van der Waals surface area (Å²) < 4.78 is 0. The van der Waals surface area contributed by atoms with Crippen molar-refractivity contribution in [1.29, 1.82) is 0 Å². The largest absolute Gasteiger partial charge is 0.361 e. The molecule has 1 aromatic carbocycles. The number of amides is 1. The minimum Gasteiger partial charge on any atom is -0.361 e. The maximum Gasteiger partial charge on any atom is 0.251 e. The summed E-state index contributed by atoms with van der Waals surface area (Å²) in [5.41, 5.74) is 7.69. The van der Waals surface area contributed by atoms with Crippen LogP contribution in [0.5, 0.6) is 0 Å². The summed E-state index contributed by atoms with van der Waals surface area (Å²) in [7, 11) is 0. The number of fused-ring (bicyclic) bond motifs is 1. The van der Waals surface area contributed by atoms with E-state index >= 15 is 0 Å². The van der Waals surface area contributed by atoms with E-state index in [1.54, 1.807) is 0 Å². The van der Waals surface area contributed by atoms with Gasteiger partial charge in [-0.1, -0.05) is 0 Å². The van der Waals surface area contributed by atoms with Gasteiger partial charge >= 0.3 is 0 Å². The molecule has 4 nitrogen and oxygen atoms in total. The van der Waals surface area contributed by atoms with Gasteiger partial charge < -0.3 is 16.0 Å². The highest BCUT2D eigenvalue weighted by molar-refractivity contribution is 5.98. The van der Waals surface area contributed by atoms with Gasteiger partial charge in [-0.3, -0.25) is 4.79 Å². The lowest BCUT2D eigenvalue weighted by Gasteiger charge is -2.11. The molecule has 4 N–H and O–H groups in total. The minimum atomic E-state index is -0.0470. The monoisotopic (exact) mass is 243 g/mol. The number of carbonyl (C=O) groups is 1. The first-order chi connectivity index (χ1) is 8.74.